The number of para-hydroxylation sites is 1. The fourth-order valence-electron chi connectivity index (χ4n) is 6.30. The molecule has 0 unspecified atom stereocenters. The summed E-state index contributed by atoms with van der Waals surface area (Å²) in [7, 11) is 1.64. The Morgan fingerprint density at radius 3 is 1.46 bits per heavy atom. The molecule has 0 spiro atoms. The molecular formula is C54H58N10O. The maximum Gasteiger partial charge on any atom is 0.125 e. The SMILES string of the molecule is COc1ccc2ncc(C)nc2c1.Cc1cc(C)nc(C)n1.Cc1ccc2ccccc2n1.Cc1ccc2nc(C)cnc2c1.Cc1ccccn1.Cc1cnc2cc(C)c(C)cc2n1. The second kappa shape index (κ2) is 23.7. The van der Waals surface area contributed by atoms with Crippen molar-refractivity contribution in [3.8, 4) is 5.75 Å². The zero-order valence-corrected chi connectivity index (χ0v) is 39.6. The number of hydrogen-bond donors (Lipinski definition) is 0. The van der Waals surface area contributed by atoms with Gasteiger partial charge in [-0.1, -0.05) is 36.4 Å². The van der Waals surface area contributed by atoms with Gasteiger partial charge in [-0.15, -0.1) is 0 Å². The first-order valence-corrected chi connectivity index (χ1v) is 21.3. The summed E-state index contributed by atoms with van der Waals surface area (Å²) in [6.07, 6.45) is 7.14. The second-order valence-corrected chi connectivity index (χ2v) is 15.6. The van der Waals surface area contributed by atoms with Crippen LogP contribution < -0.4 is 4.74 Å². The third-order valence-corrected chi connectivity index (χ3v) is 9.61. The van der Waals surface area contributed by atoms with Gasteiger partial charge in [-0.25, -0.2) is 24.9 Å². The van der Waals surface area contributed by atoms with Crippen LogP contribution in [0.4, 0.5) is 0 Å². The van der Waals surface area contributed by atoms with Gasteiger partial charge < -0.3 is 4.74 Å². The van der Waals surface area contributed by atoms with E-state index in [-0.39, 0.29) is 0 Å². The average Bonchev–Trinajstić information content (AvgIpc) is 3.27. The summed E-state index contributed by atoms with van der Waals surface area (Å²) in [6, 6.07) is 36.0. The van der Waals surface area contributed by atoms with Gasteiger partial charge in [0.25, 0.3) is 0 Å². The molecule has 0 saturated carbocycles. The van der Waals surface area contributed by atoms with Gasteiger partial charge in [-0.2, -0.15) is 0 Å². The molecule has 10 rings (SSSR count). The van der Waals surface area contributed by atoms with Crippen molar-refractivity contribution in [2.75, 3.05) is 7.11 Å². The number of rotatable bonds is 1. The van der Waals surface area contributed by atoms with E-state index in [9.17, 15) is 0 Å². The molecule has 10 aromatic rings. The molecule has 0 bridgehead atoms. The summed E-state index contributed by atoms with van der Waals surface area (Å²) >= 11 is 0. The number of fused-ring (bicyclic) bond motifs is 4. The zero-order valence-electron chi connectivity index (χ0n) is 39.6. The van der Waals surface area contributed by atoms with Crippen molar-refractivity contribution in [2.24, 2.45) is 0 Å². The maximum atomic E-state index is 5.09. The van der Waals surface area contributed by atoms with Gasteiger partial charge in [0, 0.05) is 59.0 Å². The Bertz CT molecular complexity index is 3030. The molecule has 330 valence electrons. The van der Waals surface area contributed by atoms with E-state index in [2.05, 4.69) is 101 Å². The van der Waals surface area contributed by atoms with Gasteiger partial charge in [0.15, 0.2) is 0 Å². The van der Waals surface area contributed by atoms with Crippen molar-refractivity contribution < 1.29 is 4.74 Å². The molecule has 0 aliphatic carbocycles. The van der Waals surface area contributed by atoms with E-state index < -0.39 is 0 Å². The van der Waals surface area contributed by atoms with E-state index in [1.165, 1.54) is 22.1 Å². The number of nitrogens with zero attached hydrogens (tertiary/aromatic N) is 10. The molecule has 65 heavy (non-hydrogen) atoms. The van der Waals surface area contributed by atoms with E-state index in [1.807, 2.05) is 134 Å². The molecule has 6 heterocycles. The largest absolute Gasteiger partial charge is 0.497 e. The molecule has 0 atom stereocenters. The molecule has 0 radical (unpaired) electrons. The smallest absolute Gasteiger partial charge is 0.125 e. The minimum absolute atomic E-state index is 0.812. The van der Waals surface area contributed by atoms with E-state index in [1.54, 1.807) is 31.9 Å². The highest BCUT2D eigenvalue weighted by molar-refractivity contribution is 5.79. The fraction of sp³-hybridized carbons (Fsp3) is 0.222. The lowest BCUT2D eigenvalue weighted by atomic mass is 10.1. The lowest BCUT2D eigenvalue weighted by Crippen LogP contribution is -1.91. The standard InChI is InChI=1S/C11H12N2.C10H10N2O.C10H10N2.C10H9N.C7H10N2.C6H7N/c1-7-4-10-11(5-8(7)2)13-9(3)6-12-10;1-7-6-11-9-4-3-8(13-2)5-10(9)12-7;1-7-3-4-9-10(5-7)11-6-8(2)12-9;1-8-6-7-9-4-2-3-5-10(9)11-8;1-5-4-6(2)9-7(3)8-5;1-6-4-2-3-5-7-6/h4-6H,1-3H3;3-6H,1-2H3;3-6H,1-2H3;2-7H,1H3;4H,1-3H3;2-5H,1H3. The molecule has 4 aromatic carbocycles. The van der Waals surface area contributed by atoms with Gasteiger partial charge in [-0.05, 0) is 160 Å². The normalized spacial score (nSPS) is 10.2. The van der Waals surface area contributed by atoms with Crippen molar-refractivity contribution in [3.63, 3.8) is 0 Å². The summed E-state index contributed by atoms with van der Waals surface area (Å²) in [5, 5.41) is 1.21. The number of aryl methyl sites for hydroxylation is 11. The highest BCUT2D eigenvalue weighted by Crippen LogP contribution is 2.18. The summed E-state index contributed by atoms with van der Waals surface area (Å²) in [5.74, 6) is 1.67. The molecule has 11 nitrogen and oxygen atoms in total. The number of ether oxygens (including phenoxy) is 1. The predicted molar refractivity (Wildman–Crippen MR) is 265 cm³/mol. The molecular weight excluding hydrogens is 805 g/mol. The Labute approximate surface area is 382 Å². The van der Waals surface area contributed by atoms with Gasteiger partial charge in [-0.3, -0.25) is 24.9 Å². The Kier molecular flexibility index (Phi) is 17.6. The summed E-state index contributed by atoms with van der Waals surface area (Å²) in [4.78, 5) is 42.5. The lowest BCUT2D eigenvalue weighted by Gasteiger charge is -2.02. The highest BCUT2D eigenvalue weighted by atomic mass is 16.5. The van der Waals surface area contributed by atoms with Crippen LogP contribution in [0.25, 0.3) is 44.0 Å². The Morgan fingerprint density at radius 2 is 0.877 bits per heavy atom. The van der Waals surface area contributed by atoms with E-state index in [0.717, 1.165) is 90.0 Å². The molecule has 0 aliphatic rings. The van der Waals surface area contributed by atoms with Crippen LogP contribution >= 0.6 is 0 Å². The third-order valence-electron chi connectivity index (χ3n) is 9.61. The third kappa shape index (κ3) is 15.6. The molecule has 0 N–H and O–H groups in total. The molecule has 11 heteroatoms. The summed E-state index contributed by atoms with van der Waals surface area (Å²) < 4.78 is 5.09. The van der Waals surface area contributed by atoms with Crippen LogP contribution in [-0.2, 0) is 0 Å². The van der Waals surface area contributed by atoms with Crippen LogP contribution in [0, 0.1) is 76.2 Å². The average molecular weight is 863 g/mol. The maximum absolute atomic E-state index is 5.09. The van der Waals surface area contributed by atoms with Crippen LogP contribution in [0.15, 0.2) is 134 Å². The first-order chi connectivity index (χ1) is 31.1. The second-order valence-electron chi connectivity index (χ2n) is 15.6. The first kappa shape index (κ1) is 48.4. The zero-order chi connectivity index (χ0) is 46.9. The van der Waals surface area contributed by atoms with Crippen molar-refractivity contribution in [1.29, 1.82) is 0 Å². The molecule has 0 fully saturated rings. The van der Waals surface area contributed by atoms with E-state index in [4.69, 9.17) is 4.74 Å². The number of pyridine rings is 2. The highest BCUT2D eigenvalue weighted by Gasteiger charge is 2.01. The van der Waals surface area contributed by atoms with Gasteiger partial charge in [0.05, 0.1) is 62.8 Å². The Morgan fingerprint density at radius 1 is 0.338 bits per heavy atom. The minimum atomic E-state index is 0.812. The Hall–Kier alpha value is -7.66. The number of benzene rings is 4. The van der Waals surface area contributed by atoms with Crippen molar-refractivity contribution in [1.82, 2.24) is 49.8 Å². The van der Waals surface area contributed by atoms with Crippen LogP contribution in [0.3, 0.4) is 0 Å². The Balaban J connectivity index is 0.000000148. The topological polar surface area (TPSA) is 138 Å². The van der Waals surface area contributed by atoms with Gasteiger partial charge in [0.1, 0.15) is 11.6 Å². The van der Waals surface area contributed by atoms with Crippen LogP contribution in [-0.4, -0.2) is 56.9 Å². The molecule has 0 saturated heterocycles. The first-order valence-electron chi connectivity index (χ1n) is 21.3. The van der Waals surface area contributed by atoms with Crippen molar-refractivity contribution in [2.45, 2.75) is 76.2 Å². The number of hydrogen-bond acceptors (Lipinski definition) is 11. The quantitative estimate of drug-likeness (QED) is 0.156. The summed E-state index contributed by atoms with van der Waals surface area (Å²) in [6.45, 7) is 21.9. The number of methoxy groups -OCH3 is 1. The van der Waals surface area contributed by atoms with Gasteiger partial charge >= 0.3 is 0 Å². The predicted octanol–water partition coefficient (Wildman–Crippen LogP) is 12.1. The molecule has 0 amide bonds. The molecule has 0 aliphatic heterocycles. The van der Waals surface area contributed by atoms with E-state index >= 15 is 0 Å². The minimum Gasteiger partial charge on any atom is -0.497 e. The van der Waals surface area contributed by atoms with E-state index in [0.29, 0.717) is 0 Å². The van der Waals surface area contributed by atoms with Crippen LogP contribution in [0.2, 0.25) is 0 Å². The summed E-state index contributed by atoms with van der Waals surface area (Å²) in [5.41, 5.74) is 17.6. The molecule has 6 aromatic heterocycles. The fourth-order valence-corrected chi connectivity index (χ4v) is 6.30. The van der Waals surface area contributed by atoms with Crippen molar-refractivity contribution in [3.05, 3.63) is 196 Å². The monoisotopic (exact) mass is 862 g/mol. The van der Waals surface area contributed by atoms with Crippen molar-refractivity contribution >= 4 is 44.0 Å². The lowest BCUT2D eigenvalue weighted by molar-refractivity contribution is 0.415. The van der Waals surface area contributed by atoms with Crippen LogP contribution in [0.1, 0.15) is 62.4 Å². The number of aromatic nitrogens is 10. The van der Waals surface area contributed by atoms with Crippen LogP contribution in [0.5, 0.6) is 5.75 Å². The van der Waals surface area contributed by atoms with Gasteiger partial charge in [0.2, 0.25) is 0 Å².